The van der Waals surface area contributed by atoms with E-state index in [0.717, 1.165) is 28.7 Å². The molecular weight excluding hydrogens is 316 g/mol. The lowest BCUT2D eigenvalue weighted by Crippen LogP contribution is -2.48. The summed E-state index contributed by atoms with van der Waals surface area (Å²) in [6.07, 6.45) is 4.30. The SMILES string of the molecule is CC[C@@]1(O)C(=O)OCC2=CN3Cc4cc5ccccc5nc4C3C=C21. The summed E-state index contributed by atoms with van der Waals surface area (Å²) < 4.78 is 5.20. The summed E-state index contributed by atoms with van der Waals surface area (Å²) in [5.41, 5.74) is 3.13. The topological polar surface area (TPSA) is 62.7 Å². The molecule has 0 spiro atoms. The molecule has 1 aromatic heterocycles. The Kier molecular flexibility index (Phi) is 2.89. The first-order valence-corrected chi connectivity index (χ1v) is 8.57. The summed E-state index contributed by atoms with van der Waals surface area (Å²) in [6, 6.07) is 10.2. The second-order valence-electron chi connectivity index (χ2n) is 6.87. The highest BCUT2D eigenvalue weighted by atomic mass is 16.6. The molecule has 2 aromatic rings. The summed E-state index contributed by atoms with van der Waals surface area (Å²) in [7, 11) is 0. The molecule has 0 aliphatic carbocycles. The van der Waals surface area contributed by atoms with Crippen LogP contribution in [0.4, 0.5) is 0 Å². The Balaban J connectivity index is 1.66. The van der Waals surface area contributed by atoms with E-state index in [-0.39, 0.29) is 12.6 Å². The van der Waals surface area contributed by atoms with Crippen molar-refractivity contribution in [3.8, 4) is 0 Å². The van der Waals surface area contributed by atoms with Gasteiger partial charge in [-0.2, -0.15) is 0 Å². The molecule has 4 heterocycles. The third-order valence-electron chi connectivity index (χ3n) is 5.47. The van der Waals surface area contributed by atoms with Gasteiger partial charge in [-0.15, -0.1) is 0 Å². The van der Waals surface area contributed by atoms with Gasteiger partial charge in [0.25, 0.3) is 0 Å². The van der Waals surface area contributed by atoms with Gasteiger partial charge < -0.3 is 14.7 Å². The number of nitrogens with zero attached hydrogens (tertiary/aromatic N) is 2. The molecule has 5 nitrogen and oxygen atoms in total. The third-order valence-corrected chi connectivity index (χ3v) is 5.47. The van der Waals surface area contributed by atoms with Crippen molar-refractivity contribution in [1.82, 2.24) is 9.88 Å². The van der Waals surface area contributed by atoms with Crippen molar-refractivity contribution in [2.75, 3.05) is 6.61 Å². The Labute approximate surface area is 145 Å². The van der Waals surface area contributed by atoms with Crippen LogP contribution in [-0.2, 0) is 16.1 Å². The van der Waals surface area contributed by atoms with Crippen LogP contribution in [0, 0.1) is 0 Å². The number of hydrogen-bond acceptors (Lipinski definition) is 5. The Morgan fingerprint density at radius 1 is 1.40 bits per heavy atom. The summed E-state index contributed by atoms with van der Waals surface area (Å²) in [4.78, 5) is 19.2. The molecule has 126 valence electrons. The molecule has 5 heteroatoms. The number of ether oxygens (including phenoxy) is 1. The monoisotopic (exact) mass is 334 g/mol. The van der Waals surface area contributed by atoms with Crippen LogP contribution < -0.4 is 0 Å². The molecule has 3 aliphatic rings. The van der Waals surface area contributed by atoms with E-state index < -0.39 is 11.6 Å². The van der Waals surface area contributed by atoms with Crippen molar-refractivity contribution in [2.24, 2.45) is 0 Å². The minimum absolute atomic E-state index is 0.0534. The Morgan fingerprint density at radius 2 is 2.24 bits per heavy atom. The predicted molar refractivity (Wildman–Crippen MR) is 92.4 cm³/mol. The van der Waals surface area contributed by atoms with Crippen LogP contribution in [0.25, 0.3) is 10.9 Å². The molecule has 0 amide bonds. The number of pyridine rings is 1. The maximum atomic E-state index is 12.1. The first-order valence-electron chi connectivity index (χ1n) is 8.57. The van der Waals surface area contributed by atoms with E-state index in [0.29, 0.717) is 12.0 Å². The van der Waals surface area contributed by atoms with Crippen molar-refractivity contribution < 1.29 is 14.6 Å². The average Bonchev–Trinajstić information content (AvgIpc) is 2.98. The van der Waals surface area contributed by atoms with Crippen LogP contribution >= 0.6 is 0 Å². The van der Waals surface area contributed by atoms with Crippen molar-refractivity contribution >= 4 is 16.9 Å². The molecule has 0 radical (unpaired) electrons. The van der Waals surface area contributed by atoms with Crippen molar-refractivity contribution in [1.29, 1.82) is 0 Å². The summed E-state index contributed by atoms with van der Waals surface area (Å²) in [5, 5.41) is 12.0. The van der Waals surface area contributed by atoms with Crippen LogP contribution in [0.2, 0.25) is 0 Å². The van der Waals surface area contributed by atoms with Crippen molar-refractivity contribution in [3.63, 3.8) is 0 Å². The number of carbonyl (C=O) groups excluding carboxylic acids is 1. The fourth-order valence-electron chi connectivity index (χ4n) is 4.07. The standard InChI is InChI=1S/C20H18N2O3/c1-2-20(24)15-8-17-18-13(7-12-5-3-4-6-16(12)21-18)9-22(17)10-14(15)11-25-19(20)23/h3-8,10,17,24H,2,9,11H2,1H3/t17?,20-/m0/s1. The first-order chi connectivity index (χ1) is 12.1. The quantitative estimate of drug-likeness (QED) is 0.812. The highest BCUT2D eigenvalue weighted by Gasteiger charge is 2.48. The minimum atomic E-state index is -1.56. The Bertz CT molecular complexity index is 978. The lowest BCUT2D eigenvalue weighted by Gasteiger charge is -2.38. The van der Waals surface area contributed by atoms with Gasteiger partial charge >= 0.3 is 5.97 Å². The Morgan fingerprint density at radius 3 is 3.08 bits per heavy atom. The van der Waals surface area contributed by atoms with E-state index in [2.05, 4.69) is 17.0 Å². The highest BCUT2D eigenvalue weighted by molar-refractivity contribution is 5.87. The van der Waals surface area contributed by atoms with Gasteiger partial charge in [-0.3, -0.25) is 0 Å². The van der Waals surface area contributed by atoms with Gasteiger partial charge in [-0.1, -0.05) is 25.1 Å². The normalized spacial score (nSPS) is 27.2. The van der Waals surface area contributed by atoms with Gasteiger partial charge in [0.1, 0.15) is 6.61 Å². The van der Waals surface area contributed by atoms with Crippen molar-refractivity contribution in [2.45, 2.75) is 31.5 Å². The van der Waals surface area contributed by atoms with Gasteiger partial charge in [0, 0.05) is 29.3 Å². The molecule has 1 saturated heterocycles. The summed E-state index contributed by atoms with van der Waals surface area (Å²) in [5.74, 6) is -0.559. The second kappa shape index (κ2) is 4.92. The number of aromatic nitrogens is 1. The number of hydrogen-bond donors (Lipinski definition) is 1. The lowest BCUT2D eigenvalue weighted by molar-refractivity contribution is -0.163. The number of aliphatic hydroxyl groups is 1. The van der Waals surface area contributed by atoms with E-state index in [1.807, 2.05) is 30.5 Å². The molecule has 0 bridgehead atoms. The highest BCUT2D eigenvalue weighted by Crippen LogP contribution is 2.44. The lowest BCUT2D eigenvalue weighted by atomic mass is 9.81. The molecule has 0 saturated carbocycles. The van der Waals surface area contributed by atoms with Crippen LogP contribution in [-0.4, -0.2) is 33.2 Å². The number of para-hydroxylation sites is 1. The van der Waals surface area contributed by atoms with E-state index >= 15 is 0 Å². The predicted octanol–water partition coefficient (Wildman–Crippen LogP) is 2.61. The van der Waals surface area contributed by atoms with E-state index in [9.17, 15) is 9.90 Å². The number of rotatable bonds is 1. The second-order valence-corrected chi connectivity index (χ2v) is 6.87. The number of cyclic esters (lactones) is 1. The molecule has 2 atom stereocenters. The summed E-state index contributed by atoms with van der Waals surface area (Å²) >= 11 is 0. The van der Waals surface area contributed by atoms with Crippen LogP contribution in [0.15, 0.2) is 53.8 Å². The molecule has 1 fully saturated rings. The first kappa shape index (κ1) is 14.7. The molecule has 3 aliphatic heterocycles. The fraction of sp³-hybridized carbons (Fsp3) is 0.300. The maximum absolute atomic E-state index is 12.1. The number of carbonyl (C=O) groups is 1. The van der Waals surface area contributed by atoms with Crippen molar-refractivity contribution in [3.05, 3.63) is 65.0 Å². The molecule has 5 rings (SSSR count). The molecular formula is C20H18N2O3. The zero-order chi connectivity index (χ0) is 17.2. The number of benzene rings is 1. The molecule has 1 aromatic carbocycles. The van der Waals surface area contributed by atoms with Gasteiger partial charge in [-0.05, 0) is 30.2 Å². The molecule has 1 N–H and O–H groups in total. The third kappa shape index (κ3) is 1.93. The number of esters is 1. The minimum Gasteiger partial charge on any atom is -0.458 e. The summed E-state index contributed by atoms with van der Waals surface area (Å²) in [6.45, 7) is 2.78. The number of fused-ring (bicyclic) bond motifs is 5. The van der Waals surface area contributed by atoms with E-state index in [1.54, 1.807) is 6.92 Å². The van der Waals surface area contributed by atoms with Gasteiger partial charge in [0.05, 0.1) is 17.3 Å². The van der Waals surface area contributed by atoms with E-state index in [1.165, 1.54) is 5.56 Å². The van der Waals surface area contributed by atoms with Crippen LogP contribution in [0.1, 0.15) is 30.6 Å². The Hall–Kier alpha value is -2.66. The zero-order valence-corrected chi connectivity index (χ0v) is 13.9. The molecule has 1 unspecified atom stereocenters. The van der Waals surface area contributed by atoms with Gasteiger partial charge in [-0.25, -0.2) is 9.78 Å². The molecule has 25 heavy (non-hydrogen) atoms. The fourth-order valence-corrected chi connectivity index (χ4v) is 4.07. The van der Waals surface area contributed by atoms with Gasteiger partial charge in [0.2, 0.25) is 0 Å². The van der Waals surface area contributed by atoms with Crippen LogP contribution in [0.3, 0.4) is 0 Å². The largest absolute Gasteiger partial charge is 0.458 e. The van der Waals surface area contributed by atoms with E-state index in [4.69, 9.17) is 9.72 Å². The van der Waals surface area contributed by atoms with Gasteiger partial charge in [0.15, 0.2) is 5.60 Å². The van der Waals surface area contributed by atoms with Crippen LogP contribution in [0.5, 0.6) is 0 Å². The maximum Gasteiger partial charge on any atom is 0.343 e. The smallest absolute Gasteiger partial charge is 0.343 e. The average molecular weight is 334 g/mol. The zero-order valence-electron chi connectivity index (χ0n) is 13.9.